The van der Waals surface area contributed by atoms with E-state index < -0.39 is 0 Å². The SMILES string of the molecule is Cn1c(=O)c2c(c3cc(Nc4nc(N5[C@@H]6COC[C@H]5CC(O)C6)ncc4Cl)cnc31)NC(C1CC1)CCO2. The Morgan fingerprint density at radius 2 is 1.95 bits per heavy atom. The van der Waals surface area contributed by atoms with Gasteiger partial charge in [0.2, 0.25) is 11.7 Å². The standard InChI is InChI=1S/C26H30ClN7O4/c1-33-24-18(21-22(25(33)36)38-5-4-20(31-21)13-2-3-13)6-14(9-28-24)30-23-19(27)10-29-26(32-23)34-15-7-17(35)8-16(34)12-37-11-15/h6,9-10,13,15-17,20,31,35H,2-5,7-8,11-12H2,1H3,(H,29,30,32)/t15-,16+,17?,20?. The first-order valence-electron chi connectivity index (χ1n) is 13.2. The number of fused-ring (bicyclic) bond motifs is 5. The molecule has 4 atom stereocenters. The number of anilines is 4. The van der Waals surface area contributed by atoms with Crippen molar-refractivity contribution >= 4 is 45.8 Å². The predicted molar refractivity (Wildman–Crippen MR) is 144 cm³/mol. The molecule has 0 amide bonds. The highest BCUT2D eigenvalue weighted by Crippen LogP contribution is 2.41. The predicted octanol–water partition coefficient (Wildman–Crippen LogP) is 2.82. The molecule has 2 bridgehead atoms. The fraction of sp³-hybridized carbons (Fsp3) is 0.538. The van der Waals surface area contributed by atoms with E-state index in [0.717, 1.165) is 11.8 Å². The molecule has 200 valence electrons. The van der Waals surface area contributed by atoms with Crippen molar-refractivity contribution in [3.8, 4) is 5.75 Å². The van der Waals surface area contributed by atoms with Crippen LogP contribution in [-0.4, -0.2) is 68.7 Å². The molecule has 1 aliphatic carbocycles. The van der Waals surface area contributed by atoms with Gasteiger partial charge in [-0.1, -0.05) is 11.6 Å². The zero-order chi connectivity index (χ0) is 26.0. The zero-order valence-electron chi connectivity index (χ0n) is 21.1. The van der Waals surface area contributed by atoms with Gasteiger partial charge in [-0.25, -0.2) is 9.97 Å². The van der Waals surface area contributed by atoms with Gasteiger partial charge in [0, 0.05) is 24.9 Å². The van der Waals surface area contributed by atoms with Crippen molar-refractivity contribution in [2.24, 2.45) is 13.0 Å². The third-order valence-electron chi connectivity index (χ3n) is 8.10. The molecule has 11 nitrogen and oxygen atoms in total. The van der Waals surface area contributed by atoms with Gasteiger partial charge >= 0.3 is 0 Å². The average Bonchev–Trinajstić information content (AvgIpc) is 3.75. The molecule has 3 fully saturated rings. The summed E-state index contributed by atoms with van der Waals surface area (Å²) in [7, 11) is 1.71. The smallest absolute Gasteiger partial charge is 0.296 e. The third kappa shape index (κ3) is 4.13. The van der Waals surface area contributed by atoms with E-state index in [1.165, 1.54) is 17.4 Å². The maximum Gasteiger partial charge on any atom is 0.296 e. The van der Waals surface area contributed by atoms with E-state index in [4.69, 9.17) is 26.1 Å². The van der Waals surface area contributed by atoms with Crippen LogP contribution >= 0.6 is 11.6 Å². The van der Waals surface area contributed by atoms with Crippen LogP contribution in [0.2, 0.25) is 5.02 Å². The number of morpholine rings is 1. The van der Waals surface area contributed by atoms with Crippen LogP contribution in [0.3, 0.4) is 0 Å². The number of hydrogen-bond donors (Lipinski definition) is 3. The summed E-state index contributed by atoms with van der Waals surface area (Å²) in [6.07, 6.45) is 7.38. The van der Waals surface area contributed by atoms with E-state index in [9.17, 15) is 9.90 Å². The van der Waals surface area contributed by atoms with Crippen LogP contribution in [0.15, 0.2) is 23.3 Å². The second-order valence-electron chi connectivity index (χ2n) is 10.8. The number of aliphatic hydroxyl groups is 1. The maximum atomic E-state index is 13.1. The van der Waals surface area contributed by atoms with Crippen molar-refractivity contribution in [1.29, 1.82) is 0 Å². The van der Waals surface area contributed by atoms with Crippen molar-refractivity contribution in [3.05, 3.63) is 33.8 Å². The summed E-state index contributed by atoms with van der Waals surface area (Å²) in [5.74, 6) is 1.95. The summed E-state index contributed by atoms with van der Waals surface area (Å²) >= 11 is 6.52. The first kappa shape index (κ1) is 23.9. The molecule has 7 rings (SSSR count). The fourth-order valence-electron chi connectivity index (χ4n) is 6.05. The van der Waals surface area contributed by atoms with Gasteiger partial charge in [0.25, 0.3) is 5.56 Å². The molecule has 3 aliphatic heterocycles. The molecule has 6 heterocycles. The molecule has 12 heteroatoms. The van der Waals surface area contributed by atoms with Crippen LogP contribution in [-0.2, 0) is 11.8 Å². The van der Waals surface area contributed by atoms with Gasteiger partial charge < -0.3 is 30.1 Å². The normalized spacial score (nSPS) is 26.8. The van der Waals surface area contributed by atoms with Crippen LogP contribution in [0.5, 0.6) is 5.75 Å². The molecule has 0 radical (unpaired) electrons. The number of piperidine rings is 1. The third-order valence-corrected chi connectivity index (χ3v) is 8.37. The first-order chi connectivity index (χ1) is 18.5. The minimum atomic E-state index is -0.345. The number of nitrogens with one attached hydrogen (secondary N) is 2. The number of pyridine rings is 2. The second kappa shape index (κ2) is 9.25. The summed E-state index contributed by atoms with van der Waals surface area (Å²) < 4.78 is 13.2. The van der Waals surface area contributed by atoms with Crippen LogP contribution in [0.4, 0.5) is 23.1 Å². The maximum absolute atomic E-state index is 13.1. The van der Waals surface area contributed by atoms with Crippen molar-refractivity contribution in [2.75, 3.05) is 35.4 Å². The molecular weight excluding hydrogens is 510 g/mol. The molecule has 0 spiro atoms. The number of aliphatic hydroxyl groups excluding tert-OH is 1. The van der Waals surface area contributed by atoms with Crippen LogP contribution in [0.25, 0.3) is 11.0 Å². The highest BCUT2D eigenvalue weighted by Gasteiger charge is 2.40. The lowest BCUT2D eigenvalue weighted by molar-refractivity contribution is 0.000353. The first-order valence-corrected chi connectivity index (χ1v) is 13.6. The number of aryl methyl sites for hydroxylation is 1. The largest absolute Gasteiger partial charge is 0.486 e. The van der Waals surface area contributed by atoms with E-state index in [0.29, 0.717) is 78.1 Å². The molecule has 3 aromatic heterocycles. The number of hydrogen-bond acceptors (Lipinski definition) is 10. The minimum Gasteiger partial charge on any atom is -0.486 e. The van der Waals surface area contributed by atoms with Gasteiger partial charge in [-0.05, 0) is 37.7 Å². The Bertz CT molecular complexity index is 1450. The molecule has 0 aromatic carbocycles. The summed E-state index contributed by atoms with van der Waals surface area (Å²) in [4.78, 5) is 29.1. The second-order valence-corrected chi connectivity index (χ2v) is 11.2. The molecule has 3 aromatic rings. The van der Waals surface area contributed by atoms with E-state index in [1.807, 2.05) is 6.07 Å². The van der Waals surface area contributed by atoms with Gasteiger partial charge in [-0.15, -0.1) is 0 Å². The van der Waals surface area contributed by atoms with Crippen LogP contribution in [0, 0.1) is 5.92 Å². The average molecular weight is 540 g/mol. The van der Waals surface area contributed by atoms with Gasteiger partial charge in [-0.2, -0.15) is 4.98 Å². The quantitative estimate of drug-likeness (QED) is 0.455. The molecule has 2 unspecified atom stereocenters. The molecule has 1 saturated carbocycles. The Labute approximate surface area is 224 Å². The van der Waals surface area contributed by atoms with Gasteiger partial charge in [0.05, 0.1) is 61.8 Å². The van der Waals surface area contributed by atoms with E-state index in [-0.39, 0.29) is 29.8 Å². The fourth-order valence-corrected chi connectivity index (χ4v) is 6.19. The van der Waals surface area contributed by atoms with E-state index >= 15 is 0 Å². The summed E-state index contributed by atoms with van der Waals surface area (Å²) in [5, 5.41) is 18.3. The lowest BCUT2D eigenvalue weighted by Crippen LogP contribution is -2.59. The van der Waals surface area contributed by atoms with E-state index in [2.05, 4.69) is 25.5 Å². The summed E-state index contributed by atoms with van der Waals surface area (Å²) in [5.41, 5.74) is 1.75. The number of nitrogens with zero attached hydrogens (tertiary/aromatic N) is 5. The lowest BCUT2D eigenvalue weighted by atomic mass is 9.92. The highest BCUT2D eigenvalue weighted by atomic mass is 35.5. The number of aromatic nitrogens is 4. The molecular formula is C26H30ClN7O4. The van der Waals surface area contributed by atoms with Crippen molar-refractivity contribution < 1.29 is 14.6 Å². The Morgan fingerprint density at radius 3 is 2.71 bits per heavy atom. The monoisotopic (exact) mass is 539 g/mol. The molecule has 4 aliphatic rings. The van der Waals surface area contributed by atoms with Crippen molar-refractivity contribution in [3.63, 3.8) is 0 Å². The molecule has 38 heavy (non-hydrogen) atoms. The Balaban J connectivity index is 1.25. The summed E-state index contributed by atoms with van der Waals surface area (Å²) in [6.45, 7) is 1.56. The van der Waals surface area contributed by atoms with Crippen LogP contribution in [0.1, 0.15) is 32.1 Å². The summed E-state index contributed by atoms with van der Waals surface area (Å²) in [6, 6.07) is 2.24. The van der Waals surface area contributed by atoms with Gasteiger partial charge in [0.1, 0.15) is 10.7 Å². The number of halogens is 1. The number of ether oxygens (including phenoxy) is 2. The number of rotatable bonds is 4. The van der Waals surface area contributed by atoms with Crippen molar-refractivity contribution in [1.82, 2.24) is 19.5 Å². The van der Waals surface area contributed by atoms with Crippen LogP contribution < -0.4 is 25.8 Å². The Kier molecular flexibility index (Phi) is 5.82. The Hall–Kier alpha value is -3.15. The lowest BCUT2D eigenvalue weighted by Gasteiger charge is -2.47. The zero-order valence-corrected chi connectivity index (χ0v) is 21.8. The Morgan fingerprint density at radius 1 is 1.16 bits per heavy atom. The van der Waals surface area contributed by atoms with Gasteiger partial charge in [0.15, 0.2) is 5.82 Å². The molecule has 3 N–H and O–H groups in total. The van der Waals surface area contributed by atoms with Gasteiger partial charge in [-0.3, -0.25) is 9.36 Å². The molecule has 2 saturated heterocycles. The van der Waals surface area contributed by atoms with E-state index in [1.54, 1.807) is 19.4 Å². The highest BCUT2D eigenvalue weighted by molar-refractivity contribution is 6.32. The minimum absolute atomic E-state index is 0.0103. The topological polar surface area (TPSA) is 127 Å². The van der Waals surface area contributed by atoms with Crippen molar-refractivity contribution in [2.45, 2.75) is 56.3 Å².